The van der Waals surface area contributed by atoms with Crippen molar-refractivity contribution < 1.29 is 23.5 Å². The van der Waals surface area contributed by atoms with Crippen LogP contribution in [-0.4, -0.2) is 54.8 Å². The molecule has 2 aromatic rings. The predicted octanol–water partition coefficient (Wildman–Crippen LogP) is 3.93. The molecule has 1 aliphatic rings. The van der Waals surface area contributed by atoms with Crippen LogP contribution in [-0.2, 0) is 13.8 Å². The van der Waals surface area contributed by atoms with Crippen LogP contribution in [0.3, 0.4) is 0 Å². The minimum absolute atomic E-state index is 0.154. The summed E-state index contributed by atoms with van der Waals surface area (Å²) in [4.78, 5) is 24.4. The number of carbonyl (C=O) groups excluding carboxylic acids is 1. The van der Waals surface area contributed by atoms with E-state index in [2.05, 4.69) is 4.90 Å². The molecule has 28 heavy (non-hydrogen) atoms. The second-order valence-corrected chi connectivity index (χ2v) is 9.17. The molecule has 1 unspecified atom stereocenters. The molecule has 1 N–H and O–H groups in total. The molecule has 2 aromatic carbocycles. The van der Waals surface area contributed by atoms with Gasteiger partial charge in [-0.25, -0.2) is 4.79 Å². The molecule has 1 heterocycles. The van der Waals surface area contributed by atoms with Crippen molar-refractivity contribution in [1.82, 2.24) is 4.90 Å². The standard InChI is InChI=1S/C21H28NO5P/c1-2-27-28(24,25)15-14-22-12-10-17(11-13-22)16-26-21(23)20-9-5-7-18-6-3-4-8-19(18)20/h3-9,17H,2,10-16H2,1H3,(H,24,25). The molecule has 7 heteroatoms. The van der Waals surface area contributed by atoms with Gasteiger partial charge in [-0.2, -0.15) is 0 Å². The van der Waals surface area contributed by atoms with E-state index >= 15 is 0 Å². The van der Waals surface area contributed by atoms with Gasteiger partial charge in [-0.3, -0.25) is 4.57 Å². The molecular formula is C21H28NO5P. The molecule has 3 rings (SSSR count). The number of rotatable bonds is 8. The number of fused-ring (bicyclic) bond motifs is 1. The van der Waals surface area contributed by atoms with Gasteiger partial charge in [0, 0.05) is 6.54 Å². The van der Waals surface area contributed by atoms with E-state index in [4.69, 9.17) is 9.26 Å². The highest BCUT2D eigenvalue weighted by Crippen LogP contribution is 2.41. The number of ether oxygens (including phenoxy) is 1. The smallest absolute Gasteiger partial charge is 0.338 e. The third-order valence-corrected chi connectivity index (χ3v) is 6.62. The second kappa shape index (κ2) is 9.66. The molecule has 0 aliphatic carbocycles. The van der Waals surface area contributed by atoms with E-state index in [9.17, 15) is 14.3 Å². The largest absolute Gasteiger partial charge is 0.462 e. The first-order valence-electron chi connectivity index (χ1n) is 9.82. The lowest BCUT2D eigenvalue weighted by molar-refractivity contribution is 0.0376. The Morgan fingerprint density at radius 2 is 1.89 bits per heavy atom. The first kappa shape index (κ1) is 21.0. The van der Waals surface area contributed by atoms with Gasteiger partial charge in [0.25, 0.3) is 0 Å². The van der Waals surface area contributed by atoms with Gasteiger partial charge in [0.05, 0.1) is 24.9 Å². The van der Waals surface area contributed by atoms with Crippen LogP contribution >= 0.6 is 7.60 Å². The number of esters is 1. The predicted molar refractivity (Wildman–Crippen MR) is 110 cm³/mol. The summed E-state index contributed by atoms with van der Waals surface area (Å²) >= 11 is 0. The summed E-state index contributed by atoms with van der Waals surface area (Å²) in [7, 11) is -3.47. The molecule has 0 radical (unpaired) electrons. The molecule has 1 saturated heterocycles. The summed E-state index contributed by atoms with van der Waals surface area (Å²) in [6.45, 7) is 4.60. The third-order valence-electron chi connectivity index (χ3n) is 5.20. The summed E-state index contributed by atoms with van der Waals surface area (Å²) in [5.74, 6) is 0.0418. The van der Waals surface area contributed by atoms with Gasteiger partial charge in [0.15, 0.2) is 0 Å². The van der Waals surface area contributed by atoms with Crippen LogP contribution < -0.4 is 0 Å². The van der Waals surface area contributed by atoms with E-state index in [1.54, 1.807) is 13.0 Å². The molecule has 6 nitrogen and oxygen atoms in total. The van der Waals surface area contributed by atoms with Crippen molar-refractivity contribution >= 4 is 24.3 Å². The first-order valence-corrected chi connectivity index (χ1v) is 11.6. The van der Waals surface area contributed by atoms with Crippen molar-refractivity contribution in [2.45, 2.75) is 19.8 Å². The van der Waals surface area contributed by atoms with Crippen LogP contribution in [0.5, 0.6) is 0 Å². The van der Waals surface area contributed by atoms with Crippen LogP contribution in [0.2, 0.25) is 0 Å². The lowest BCUT2D eigenvalue weighted by Gasteiger charge is -2.31. The Morgan fingerprint density at radius 3 is 2.64 bits per heavy atom. The van der Waals surface area contributed by atoms with E-state index in [1.165, 1.54) is 0 Å². The van der Waals surface area contributed by atoms with Crippen LogP contribution in [0.4, 0.5) is 0 Å². The summed E-state index contributed by atoms with van der Waals surface area (Å²) in [6, 6.07) is 13.5. The molecule has 152 valence electrons. The fourth-order valence-corrected chi connectivity index (χ4v) is 4.65. The van der Waals surface area contributed by atoms with E-state index < -0.39 is 7.60 Å². The summed E-state index contributed by atoms with van der Waals surface area (Å²) < 4.78 is 22.3. The SMILES string of the molecule is CCOP(=O)(O)CCN1CCC(COC(=O)c2cccc3ccccc23)CC1. The molecular weight excluding hydrogens is 377 g/mol. The van der Waals surface area contributed by atoms with E-state index in [1.807, 2.05) is 36.4 Å². The van der Waals surface area contributed by atoms with Crippen LogP contribution in [0.15, 0.2) is 42.5 Å². The number of carbonyl (C=O) groups is 1. The number of nitrogens with zero attached hydrogens (tertiary/aromatic N) is 1. The average molecular weight is 405 g/mol. The van der Waals surface area contributed by atoms with Gasteiger partial charge in [-0.1, -0.05) is 36.4 Å². The number of benzene rings is 2. The second-order valence-electron chi connectivity index (χ2n) is 7.19. The van der Waals surface area contributed by atoms with Crippen LogP contribution in [0, 0.1) is 5.92 Å². The zero-order valence-corrected chi connectivity index (χ0v) is 17.1. The Balaban J connectivity index is 1.45. The summed E-state index contributed by atoms with van der Waals surface area (Å²) in [5, 5.41) is 1.94. The lowest BCUT2D eigenvalue weighted by atomic mass is 9.98. The van der Waals surface area contributed by atoms with Gasteiger partial charge < -0.3 is 19.1 Å². The zero-order valence-electron chi connectivity index (χ0n) is 16.3. The fraction of sp³-hybridized carbons (Fsp3) is 0.476. The number of hydrogen-bond acceptors (Lipinski definition) is 5. The molecule has 1 atom stereocenters. The quantitative estimate of drug-likeness (QED) is 0.530. The first-order chi connectivity index (χ1) is 13.5. The third kappa shape index (κ3) is 5.65. The van der Waals surface area contributed by atoms with Crippen LogP contribution in [0.25, 0.3) is 10.8 Å². The Bertz CT molecular complexity index is 842. The van der Waals surface area contributed by atoms with Gasteiger partial charge >= 0.3 is 13.6 Å². The van der Waals surface area contributed by atoms with E-state index in [-0.39, 0.29) is 18.7 Å². The molecule has 1 fully saturated rings. The molecule has 0 aromatic heterocycles. The fourth-order valence-electron chi connectivity index (χ4n) is 3.59. The molecule has 0 amide bonds. The maximum absolute atomic E-state index is 12.5. The van der Waals surface area contributed by atoms with Crippen molar-refractivity contribution in [2.24, 2.45) is 5.92 Å². The minimum atomic E-state index is -3.47. The van der Waals surface area contributed by atoms with E-state index in [0.717, 1.165) is 36.7 Å². The highest BCUT2D eigenvalue weighted by molar-refractivity contribution is 7.52. The topological polar surface area (TPSA) is 76.1 Å². The monoisotopic (exact) mass is 405 g/mol. The molecule has 0 spiro atoms. The van der Waals surface area contributed by atoms with Gasteiger partial charge in [-0.15, -0.1) is 0 Å². The van der Waals surface area contributed by atoms with Crippen LogP contribution in [0.1, 0.15) is 30.1 Å². The van der Waals surface area contributed by atoms with E-state index in [0.29, 0.717) is 24.6 Å². The molecule has 1 aliphatic heterocycles. The van der Waals surface area contributed by atoms with Crippen molar-refractivity contribution in [3.63, 3.8) is 0 Å². The average Bonchev–Trinajstić information content (AvgIpc) is 2.71. The molecule has 0 saturated carbocycles. The van der Waals surface area contributed by atoms with Gasteiger partial charge in [0.1, 0.15) is 0 Å². The summed E-state index contributed by atoms with van der Waals surface area (Å²) in [5.41, 5.74) is 0.602. The minimum Gasteiger partial charge on any atom is -0.462 e. The Morgan fingerprint density at radius 1 is 1.18 bits per heavy atom. The normalized spacial score (nSPS) is 18.1. The van der Waals surface area contributed by atoms with Crippen molar-refractivity contribution in [3.05, 3.63) is 48.0 Å². The summed E-state index contributed by atoms with van der Waals surface area (Å²) in [6.07, 6.45) is 1.97. The highest BCUT2D eigenvalue weighted by atomic mass is 31.2. The van der Waals surface area contributed by atoms with Crippen molar-refractivity contribution in [2.75, 3.05) is 39.0 Å². The number of piperidine rings is 1. The number of hydrogen-bond donors (Lipinski definition) is 1. The maximum Gasteiger partial charge on any atom is 0.338 e. The zero-order chi connectivity index (χ0) is 20.0. The Kier molecular flexibility index (Phi) is 7.24. The van der Waals surface area contributed by atoms with Gasteiger partial charge in [0.2, 0.25) is 0 Å². The maximum atomic E-state index is 12.5. The Hall–Kier alpha value is -1.72. The lowest BCUT2D eigenvalue weighted by Crippen LogP contribution is -2.37. The molecule has 0 bridgehead atoms. The highest BCUT2D eigenvalue weighted by Gasteiger charge is 2.24. The van der Waals surface area contributed by atoms with Crippen molar-refractivity contribution in [1.29, 1.82) is 0 Å². The van der Waals surface area contributed by atoms with Crippen molar-refractivity contribution in [3.8, 4) is 0 Å². The van der Waals surface area contributed by atoms with Gasteiger partial charge in [-0.05, 0) is 55.6 Å². The number of likely N-dealkylation sites (tertiary alicyclic amines) is 1. The Labute approximate surface area is 166 Å².